The van der Waals surface area contributed by atoms with Crippen LogP contribution in [0.5, 0.6) is 0 Å². The molecule has 0 spiro atoms. The third kappa shape index (κ3) is 4.92. The molecule has 0 amide bonds. The molecule has 1 fully saturated rings. The Morgan fingerprint density at radius 2 is 2.04 bits per heavy atom. The molecule has 1 aliphatic rings. The molecule has 1 N–H and O–H groups in total. The Kier molecular flexibility index (Phi) is 6.23. The van der Waals surface area contributed by atoms with Gasteiger partial charge in [0.15, 0.2) is 0 Å². The van der Waals surface area contributed by atoms with E-state index in [4.69, 9.17) is 9.72 Å². The van der Waals surface area contributed by atoms with Crippen molar-refractivity contribution in [3.63, 3.8) is 0 Å². The fourth-order valence-electron chi connectivity index (χ4n) is 3.43. The van der Waals surface area contributed by atoms with Gasteiger partial charge < -0.3 is 14.6 Å². The van der Waals surface area contributed by atoms with Crippen molar-refractivity contribution in [3.8, 4) is 11.3 Å². The number of hydrogen-bond acceptors (Lipinski definition) is 4. The molecule has 1 aromatic carbocycles. The standard InChI is InChI=1S/C20H27N3O2/c1-16-22-20(14-23(16)12-8-18-6-10-21-11-7-18)19-4-2-17(3-5-19)9-13-25-15-24/h2-5,14-15,18,21H,6-13H2,1H3. The molecule has 1 saturated heterocycles. The minimum atomic E-state index is 0.424. The van der Waals surface area contributed by atoms with Crippen LogP contribution < -0.4 is 5.32 Å². The summed E-state index contributed by atoms with van der Waals surface area (Å²) in [6.45, 7) is 6.36. The van der Waals surface area contributed by atoms with Crippen molar-refractivity contribution in [1.82, 2.24) is 14.9 Å². The highest BCUT2D eigenvalue weighted by molar-refractivity contribution is 5.59. The SMILES string of the molecule is Cc1nc(-c2ccc(CCOC=O)cc2)cn1CCC1CCNCC1. The molecule has 1 aliphatic heterocycles. The topological polar surface area (TPSA) is 56.1 Å². The van der Waals surface area contributed by atoms with E-state index in [1.165, 1.54) is 19.3 Å². The van der Waals surface area contributed by atoms with Crippen LogP contribution in [0.25, 0.3) is 11.3 Å². The molecule has 2 heterocycles. The second kappa shape index (κ2) is 8.81. The second-order valence-electron chi connectivity index (χ2n) is 6.76. The van der Waals surface area contributed by atoms with Gasteiger partial charge in [-0.3, -0.25) is 4.79 Å². The van der Waals surface area contributed by atoms with E-state index in [9.17, 15) is 4.79 Å². The molecule has 5 nitrogen and oxygen atoms in total. The lowest BCUT2D eigenvalue weighted by molar-refractivity contribution is -0.128. The number of nitrogens with zero attached hydrogens (tertiary/aromatic N) is 2. The number of nitrogens with one attached hydrogen (secondary N) is 1. The van der Waals surface area contributed by atoms with Crippen LogP contribution in [0.4, 0.5) is 0 Å². The number of carbonyl (C=O) groups excluding carboxylic acids is 1. The van der Waals surface area contributed by atoms with Crippen molar-refractivity contribution in [2.24, 2.45) is 5.92 Å². The lowest BCUT2D eigenvalue weighted by Gasteiger charge is -2.22. The van der Waals surface area contributed by atoms with Crippen LogP contribution in [0.2, 0.25) is 0 Å². The highest BCUT2D eigenvalue weighted by Crippen LogP contribution is 2.22. The number of ether oxygens (including phenoxy) is 1. The minimum Gasteiger partial charge on any atom is -0.468 e. The van der Waals surface area contributed by atoms with E-state index in [2.05, 4.69) is 47.3 Å². The zero-order chi connectivity index (χ0) is 17.5. The van der Waals surface area contributed by atoms with Crippen LogP contribution in [-0.4, -0.2) is 35.7 Å². The molecule has 0 bridgehead atoms. The molecule has 0 saturated carbocycles. The fraction of sp³-hybridized carbons (Fsp3) is 0.500. The van der Waals surface area contributed by atoms with E-state index in [1.54, 1.807) is 0 Å². The molecule has 3 rings (SSSR count). The van der Waals surface area contributed by atoms with E-state index in [0.29, 0.717) is 13.1 Å². The van der Waals surface area contributed by atoms with Crippen molar-refractivity contribution >= 4 is 6.47 Å². The lowest BCUT2D eigenvalue weighted by atomic mass is 9.95. The Morgan fingerprint density at radius 3 is 2.76 bits per heavy atom. The van der Waals surface area contributed by atoms with Gasteiger partial charge in [0.1, 0.15) is 5.82 Å². The molecule has 2 aromatic rings. The monoisotopic (exact) mass is 341 g/mol. The highest BCUT2D eigenvalue weighted by Gasteiger charge is 2.14. The van der Waals surface area contributed by atoms with Crippen LogP contribution in [-0.2, 0) is 22.5 Å². The summed E-state index contributed by atoms with van der Waals surface area (Å²) >= 11 is 0. The maximum absolute atomic E-state index is 10.2. The van der Waals surface area contributed by atoms with Gasteiger partial charge in [0, 0.05) is 24.7 Å². The highest BCUT2D eigenvalue weighted by atomic mass is 16.5. The van der Waals surface area contributed by atoms with Crippen LogP contribution >= 0.6 is 0 Å². The second-order valence-corrected chi connectivity index (χ2v) is 6.76. The lowest BCUT2D eigenvalue weighted by Crippen LogP contribution is -2.28. The van der Waals surface area contributed by atoms with Gasteiger partial charge in [-0.2, -0.15) is 0 Å². The molecule has 134 valence electrons. The molecule has 0 atom stereocenters. The zero-order valence-corrected chi connectivity index (χ0v) is 14.9. The largest absolute Gasteiger partial charge is 0.468 e. The van der Waals surface area contributed by atoms with Crippen molar-refractivity contribution in [3.05, 3.63) is 41.9 Å². The molecule has 0 aliphatic carbocycles. The molecular formula is C20H27N3O2. The first-order chi connectivity index (χ1) is 12.3. The Morgan fingerprint density at radius 1 is 1.28 bits per heavy atom. The molecule has 0 radical (unpaired) electrons. The fourth-order valence-corrected chi connectivity index (χ4v) is 3.43. The summed E-state index contributed by atoms with van der Waals surface area (Å²) in [5.74, 6) is 1.91. The van der Waals surface area contributed by atoms with E-state index in [1.807, 2.05) is 0 Å². The number of rotatable bonds is 8. The summed E-state index contributed by atoms with van der Waals surface area (Å²) in [6.07, 6.45) is 6.71. The Labute approximate surface area is 149 Å². The molecule has 25 heavy (non-hydrogen) atoms. The quantitative estimate of drug-likeness (QED) is 0.592. The summed E-state index contributed by atoms with van der Waals surface area (Å²) in [5, 5.41) is 3.43. The summed E-state index contributed by atoms with van der Waals surface area (Å²) in [5.41, 5.74) is 3.31. The van der Waals surface area contributed by atoms with Crippen molar-refractivity contribution in [2.75, 3.05) is 19.7 Å². The molecular weight excluding hydrogens is 314 g/mol. The first-order valence-corrected chi connectivity index (χ1v) is 9.15. The average Bonchev–Trinajstić information content (AvgIpc) is 3.02. The van der Waals surface area contributed by atoms with Crippen molar-refractivity contribution < 1.29 is 9.53 Å². The van der Waals surface area contributed by atoms with E-state index >= 15 is 0 Å². The van der Waals surface area contributed by atoms with Gasteiger partial charge in [-0.1, -0.05) is 24.3 Å². The number of benzene rings is 1. The van der Waals surface area contributed by atoms with Crippen molar-refractivity contribution in [1.29, 1.82) is 0 Å². The Balaban J connectivity index is 1.59. The van der Waals surface area contributed by atoms with E-state index in [0.717, 1.165) is 54.6 Å². The summed E-state index contributed by atoms with van der Waals surface area (Å²) in [4.78, 5) is 14.9. The first kappa shape index (κ1) is 17.7. The predicted molar refractivity (Wildman–Crippen MR) is 98.3 cm³/mol. The molecule has 0 unspecified atom stereocenters. The summed E-state index contributed by atoms with van der Waals surface area (Å²) in [6, 6.07) is 8.34. The number of piperidine rings is 1. The number of carbonyl (C=O) groups is 1. The van der Waals surface area contributed by atoms with Crippen molar-refractivity contribution in [2.45, 2.75) is 39.2 Å². The maximum Gasteiger partial charge on any atom is 0.293 e. The van der Waals surface area contributed by atoms with Crippen LogP contribution in [0.3, 0.4) is 0 Å². The smallest absolute Gasteiger partial charge is 0.293 e. The van der Waals surface area contributed by atoms with Gasteiger partial charge in [0.2, 0.25) is 0 Å². The number of imidazole rings is 1. The maximum atomic E-state index is 10.2. The average molecular weight is 341 g/mol. The van der Waals surface area contributed by atoms with Gasteiger partial charge in [-0.15, -0.1) is 0 Å². The summed E-state index contributed by atoms with van der Waals surface area (Å²) in [7, 11) is 0. The van der Waals surface area contributed by atoms with E-state index in [-0.39, 0.29) is 0 Å². The number of aryl methyl sites for hydroxylation is 2. The Hall–Kier alpha value is -2.14. The number of hydrogen-bond donors (Lipinski definition) is 1. The predicted octanol–water partition coefficient (Wildman–Crippen LogP) is 2.96. The van der Waals surface area contributed by atoms with Crippen LogP contribution in [0.1, 0.15) is 30.7 Å². The third-order valence-corrected chi connectivity index (χ3v) is 5.04. The zero-order valence-electron chi connectivity index (χ0n) is 14.9. The van der Waals surface area contributed by atoms with Crippen LogP contribution in [0.15, 0.2) is 30.5 Å². The molecule has 5 heteroatoms. The molecule has 1 aromatic heterocycles. The van der Waals surface area contributed by atoms with Gasteiger partial charge in [-0.25, -0.2) is 4.98 Å². The minimum absolute atomic E-state index is 0.424. The first-order valence-electron chi connectivity index (χ1n) is 9.15. The number of aromatic nitrogens is 2. The normalized spacial score (nSPS) is 15.2. The van der Waals surface area contributed by atoms with Gasteiger partial charge in [0.25, 0.3) is 6.47 Å². The Bertz CT molecular complexity index is 673. The van der Waals surface area contributed by atoms with E-state index < -0.39 is 0 Å². The summed E-state index contributed by atoms with van der Waals surface area (Å²) < 4.78 is 7.03. The van der Waals surface area contributed by atoms with Gasteiger partial charge in [-0.05, 0) is 50.8 Å². The third-order valence-electron chi connectivity index (χ3n) is 5.04. The van der Waals surface area contributed by atoms with Crippen LogP contribution in [0, 0.1) is 12.8 Å². The van der Waals surface area contributed by atoms with Gasteiger partial charge >= 0.3 is 0 Å². The van der Waals surface area contributed by atoms with Gasteiger partial charge in [0.05, 0.1) is 12.3 Å².